The van der Waals surface area contributed by atoms with Crippen molar-refractivity contribution >= 4 is 27.5 Å². The minimum absolute atomic E-state index is 0.122. The topological polar surface area (TPSA) is 55.1 Å². The van der Waals surface area contributed by atoms with Crippen LogP contribution >= 0.6 is 15.9 Å². The van der Waals surface area contributed by atoms with Gasteiger partial charge in [0, 0.05) is 0 Å². The lowest BCUT2D eigenvalue weighted by atomic mass is 10.5. The number of hydrogen-bond donors (Lipinski definition) is 1. The second-order valence-electron chi connectivity index (χ2n) is 1.59. The van der Waals surface area contributed by atoms with Gasteiger partial charge in [-0.3, -0.25) is 4.79 Å². The van der Waals surface area contributed by atoms with Gasteiger partial charge in [0.2, 0.25) is 5.91 Å². The number of nitrogens with zero attached hydrogens (tertiary/aromatic N) is 1. The molecule has 0 fully saturated rings. The summed E-state index contributed by atoms with van der Waals surface area (Å²) in [5, 5.41) is 6.21. The molecule has 0 bridgehead atoms. The summed E-state index contributed by atoms with van der Waals surface area (Å²) in [6, 6.07) is 0. The fourth-order valence-electron chi connectivity index (χ4n) is 0.461. The minimum Gasteiger partial charge on any atom is -0.363 e. The largest absolute Gasteiger partial charge is 0.363 e. The van der Waals surface area contributed by atoms with Crippen LogP contribution in [0.5, 0.6) is 0 Å². The van der Waals surface area contributed by atoms with E-state index < -0.39 is 0 Å². The Morgan fingerprint density at radius 2 is 2.70 bits per heavy atom. The number of carbonyl (C=O) groups is 1. The van der Waals surface area contributed by atoms with E-state index in [1.165, 1.54) is 12.5 Å². The van der Waals surface area contributed by atoms with E-state index in [1.54, 1.807) is 0 Å². The summed E-state index contributed by atoms with van der Waals surface area (Å²) in [5.41, 5.74) is 0.574. The van der Waals surface area contributed by atoms with Crippen molar-refractivity contribution < 1.29 is 9.32 Å². The van der Waals surface area contributed by atoms with Crippen molar-refractivity contribution in [2.75, 3.05) is 10.6 Å². The molecule has 1 amide bonds. The zero-order valence-electron chi connectivity index (χ0n) is 5.00. The second kappa shape index (κ2) is 3.36. The van der Waals surface area contributed by atoms with Crippen molar-refractivity contribution in [3.8, 4) is 0 Å². The molecule has 0 aliphatic heterocycles. The standard InChI is InChI=1S/C5H5BrN2O2/c6-1-5(9)8-4-2-7-10-3-4/h2-3H,1H2,(H,8,9). The van der Waals surface area contributed by atoms with Gasteiger partial charge >= 0.3 is 0 Å². The number of amides is 1. The molecule has 0 saturated heterocycles. The summed E-state index contributed by atoms with van der Waals surface area (Å²) in [6.45, 7) is 0. The van der Waals surface area contributed by atoms with Crippen molar-refractivity contribution in [2.45, 2.75) is 0 Å². The van der Waals surface area contributed by atoms with Crippen LogP contribution in [-0.2, 0) is 4.79 Å². The van der Waals surface area contributed by atoms with Crippen molar-refractivity contribution in [3.63, 3.8) is 0 Å². The van der Waals surface area contributed by atoms with Crippen molar-refractivity contribution in [1.82, 2.24) is 5.16 Å². The highest BCUT2D eigenvalue weighted by Crippen LogP contribution is 2.02. The number of aromatic nitrogens is 1. The van der Waals surface area contributed by atoms with Crippen molar-refractivity contribution in [2.24, 2.45) is 0 Å². The van der Waals surface area contributed by atoms with Gasteiger partial charge in [0.25, 0.3) is 0 Å². The highest BCUT2D eigenvalue weighted by molar-refractivity contribution is 9.09. The second-order valence-corrected chi connectivity index (χ2v) is 2.16. The summed E-state index contributed by atoms with van der Waals surface area (Å²) in [5.74, 6) is -0.122. The Labute approximate surface area is 65.7 Å². The molecule has 10 heavy (non-hydrogen) atoms. The van der Waals surface area contributed by atoms with Crippen molar-refractivity contribution in [3.05, 3.63) is 12.5 Å². The SMILES string of the molecule is O=C(CBr)Nc1cnoc1. The number of rotatable bonds is 2. The van der Waals surface area contributed by atoms with E-state index in [4.69, 9.17) is 0 Å². The summed E-state index contributed by atoms with van der Waals surface area (Å²) in [6.07, 6.45) is 2.79. The molecule has 0 spiro atoms. The maximum absolute atomic E-state index is 10.7. The van der Waals surface area contributed by atoms with E-state index in [2.05, 4.69) is 30.9 Å². The molecule has 0 radical (unpaired) electrons. The quantitative estimate of drug-likeness (QED) is 0.733. The van der Waals surface area contributed by atoms with Gasteiger partial charge in [-0.1, -0.05) is 21.1 Å². The number of halogens is 1. The molecule has 0 aliphatic rings. The Kier molecular flexibility index (Phi) is 2.44. The summed E-state index contributed by atoms with van der Waals surface area (Å²) in [4.78, 5) is 10.7. The van der Waals surface area contributed by atoms with Gasteiger partial charge in [-0.25, -0.2) is 0 Å². The Morgan fingerprint density at radius 3 is 3.20 bits per heavy atom. The van der Waals surface area contributed by atoms with Gasteiger partial charge in [0.15, 0.2) is 0 Å². The molecule has 1 rings (SSSR count). The average molecular weight is 205 g/mol. The first kappa shape index (κ1) is 7.27. The predicted molar refractivity (Wildman–Crippen MR) is 38.9 cm³/mol. The molecule has 1 aromatic rings. The molecule has 0 unspecified atom stereocenters. The Hall–Kier alpha value is -0.840. The Morgan fingerprint density at radius 1 is 1.90 bits per heavy atom. The highest BCUT2D eigenvalue weighted by atomic mass is 79.9. The zero-order valence-corrected chi connectivity index (χ0v) is 6.59. The van der Waals surface area contributed by atoms with Crippen LogP contribution < -0.4 is 5.32 Å². The zero-order chi connectivity index (χ0) is 7.40. The van der Waals surface area contributed by atoms with Gasteiger partial charge in [-0.15, -0.1) is 0 Å². The van der Waals surface area contributed by atoms with Crippen LogP contribution in [0.2, 0.25) is 0 Å². The van der Waals surface area contributed by atoms with Crippen LogP contribution in [0.4, 0.5) is 5.69 Å². The minimum atomic E-state index is -0.122. The lowest BCUT2D eigenvalue weighted by Crippen LogP contribution is -2.11. The van der Waals surface area contributed by atoms with Gasteiger partial charge in [0.05, 0.1) is 11.5 Å². The fraction of sp³-hybridized carbons (Fsp3) is 0.200. The molecule has 1 heterocycles. The molecule has 54 valence electrons. The lowest BCUT2D eigenvalue weighted by Gasteiger charge is -1.93. The van der Waals surface area contributed by atoms with Gasteiger partial charge in [0.1, 0.15) is 12.0 Å². The Balaban J connectivity index is 2.48. The monoisotopic (exact) mass is 204 g/mol. The Bertz CT molecular complexity index is 209. The average Bonchev–Trinajstić information content (AvgIpc) is 2.40. The van der Waals surface area contributed by atoms with Crippen LogP contribution in [0.1, 0.15) is 0 Å². The number of nitrogens with one attached hydrogen (secondary N) is 1. The molecule has 0 atom stereocenters. The van der Waals surface area contributed by atoms with E-state index in [0.717, 1.165) is 0 Å². The number of alkyl halides is 1. The van der Waals surface area contributed by atoms with E-state index in [0.29, 0.717) is 5.69 Å². The van der Waals surface area contributed by atoms with Gasteiger partial charge in [-0.2, -0.15) is 0 Å². The van der Waals surface area contributed by atoms with Crippen LogP contribution in [0.15, 0.2) is 17.0 Å². The number of hydrogen-bond acceptors (Lipinski definition) is 3. The molecular weight excluding hydrogens is 200 g/mol. The van der Waals surface area contributed by atoms with Crippen LogP contribution in [0, 0.1) is 0 Å². The maximum atomic E-state index is 10.7. The highest BCUT2D eigenvalue weighted by Gasteiger charge is 1.99. The molecule has 0 aromatic carbocycles. The predicted octanol–water partition coefficient (Wildman–Crippen LogP) is 1.01. The maximum Gasteiger partial charge on any atom is 0.235 e. The summed E-state index contributed by atoms with van der Waals surface area (Å²) >= 11 is 3.00. The van der Waals surface area contributed by atoms with Gasteiger partial charge < -0.3 is 9.84 Å². The molecule has 4 nitrogen and oxygen atoms in total. The first-order valence-electron chi connectivity index (χ1n) is 2.58. The summed E-state index contributed by atoms with van der Waals surface area (Å²) in [7, 11) is 0. The molecule has 1 aromatic heterocycles. The first-order valence-corrected chi connectivity index (χ1v) is 3.70. The third-order valence-electron chi connectivity index (χ3n) is 0.837. The van der Waals surface area contributed by atoms with Crippen LogP contribution in [-0.4, -0.2) is 16.4 Å². The summed E-state index contributed by atoms with van der Waals surface area (Å²) < 4.78 is 4.48. The number of carbonyl (C=O) groups excluding carboxylic acids is 1. The number of anilines is 1. The van der Waals surface area contributed by atoms with Crippen molar-refractivity contribution in [1.29, 1.82) is 0 Å². The van der Waals surface area contributed by atoms with E-state index >= 15 is 0 Å². The molecule has 1 N–H and O–H groups in total. The first-order chi connectivity index (χ1) is 4.83. The van der Waals surface area contributed by atoms with E-state index in [9.17, 15) is 4.79 Å². The van der Waals surface area contributed by atoms with Crippen LogP contribution in [0.3, 0.4) is 0 Å². The smallest absolute Gasteiger partial charge is 0.235 e. The lowest BCUT2D eigenvalue weighted by molar-refractivity contribution is -0.113. The molecule has 5 heteroatoms. The van der Waals surface area contributed by atoms with E-state index in [-0.39, 0.29) is 11.2 Å². The molecular formula is C5H5BrN2O2. The molecule has 0 aliphatic carbocycles. The normalized spacial score (nSPS) is 9.30. The van der Waals surface area contributed by atoms with E-state index in [1.807, 2.05) is 0 Å². The third kappa shape index (κ3) is 1.84. The third-order valence-corrected chi connectivity index (χ3v) is 1.35. The van der Waals surface area contributed by atoms with Crippen LogP contribution in [0.25, 0.3) is 0 Å². The van der Waals surface area contributed by atoms with Gasteiger partial charge in [-0.05, 0) is 0 Å². The fourth-order valence-corrected chi connectivity index (χ4v) is 0.601. The molecule has 0 saturated carbocycles.